The van der Waals surface area contributed by atoms with Gasteiger partial charge in [0.25, 0.3) is 5.91 Å². The van der Waals surface area contributed by atoms with Gasteiger partial charge in [-0.2, -0.15) is 4.98 Å². The minimum atomic E-state index is -0.351. The van der Waals surface area contributed by atoms with Crippen LogP contribution in [0.1, 0.15) is 15.9 Å². The van der Waals surface area contributed by atoms with Crippen molar-refractivity contribution >= 4 is 44.9 Å². The number of nitrogens with zero attached hydrogens (tertiary/aromatic N) is 2. The molecule has 1 amide bonds. The summed E-state index contributed by atoms with van der Waals surface area (Å²) in [6, 6.07) is 12.2. The van der Waals surface area contributed by atoms with Crippen LogP contribution < -0.4 is 21.3 Å². The second-order valence-electron chi connectivity index (χ2n) is 5.51. The highest BCUT2D eigenvalue weighted by Gasteiger charge is 2.13. The lowest BCUT2D eigenvalue weighted by molar-refractivity contribution is 0.0961. The fraction of sp³-hybridized carbons (Fsp3) is 0.0556. The van der Waals surface area contributed by atoms with E-state index in [0.717, 1.165) is 5.56 Å². The summed E-state index contributed by atoms with van der Waals surface area (Å²) < 4.78 is 6.37. The summed E-state index contributed by atoms with van der Waals surface area (Å²) in [5.74, 6) is 0.553. The topological polar surface area (TPSA) is 102 Å². The fourth-order valence-electron chi connectivity index (χ4n) is 2.18. The van der Waals surface area contributed by atoms with E-state index in [1.54, 1.807) is 36.4 Å². The van der Waals surface area contributed by atoms with Gasteiger partial charge in [0, 0.05) is 9.50 Å². The number of nitrogens with two attached hydrogens (primary N) is 1. The van der Waals surface area contributed by atoms with Crippen LogP contribution >= 0.6 is 27.5 Å². The molecule has 7 nitrogen and oxygen atoms in total. The Bertz CT molecular complexity index is 999. The molecule has 0 fully saturated rings. The molecule has 0 spiro atoms. The highest BCUT2D eigenvalue weighted by atomic mass is 79.9. The zero-order chi connectivity index (χ0) is 19.4. The number of rotatable bonds is 5. The maximum Gasteiger partial charge on any atom is 0.270 e. The zero-order valence-electron chi connectivity index (χ0n) is 14.2. The Kier molecular flexibility index (Phi) is 5.78. The number of benzene rings is 2. The number of aromatic nitrogens is 2. The largest absolute Gasteiger partial charge is 0.437 e. The lowest BCUT2D eigenvalue weighted by Crippen LogP contribution is -2.30. The molecule has 1 aromatic heterocycles. The van der Waals surface area contributed by atoms with Crippen LogP contribution in [0.3, 0.4) is 0 Å². The lowest BCUT2D eigenvalue weighted by Gasteiger charge is -2.13. The Balaban J connectivity index is 1.74. The highest BCUT2D eigenvalue weighted by molar-refractivity contribution is 9.10. The predicted octanol–water partition coefficient (Wildman–Crippen LogP) is 4.33. The van der Waals surface area contributed by atoms with E-state index in [2.05, 4.69) is 36.7 Å². The smallest absolute Gasteiger partial charge is 0.270 e. The van der Waals surface area contributed by atoms with Gasteiger partial charge in [-0.05, 0) is 58.7 Å². The number of amides is 1. The first kappa shape index (κ1) is 18.9. The molecular formula is C18H15BrClN5O2. The van der Waals surface area contributed by atoms with Crippen molar-refractivity contribution in [3.63, 3.8) is 0 Å². The summed E-state index contributed by atoms with van der Waals surface area (Å²) in [5.41, 5.74) is 12.8. The standard InChI is InChI=1S/C18H15BrClN5O2/c1-10-8-11(6-7-14(10)20)27-18-15(21)16(22-9-23-18)24-25-17(26)12-4-2-3-5-13(12)19/h2-9H,21H2,1H3,(H,25,26)(H,22,23,24). The molecule has 4 N–H and O–H groups in total. The van der Waals surface area contributed by atoms with Crippen LogP contribution in [0.4, 0.5) is 11.5 Å². The second-order valence-corrected chi connectivity index (χ2v) is 6.77. The van der Waals surface area contributed by atoms with Crippen LogP contribution in [0.15, 0.2) is 53.3 Å². The first-order valence-electron chi connectivity index (χ1n) is 7.81. The maximum absolute atomic E-state index is 12.3. The molecular weight excluding hydrogens is 434 g/mol. The molecule has 9 heteroatoms. The average molecular weight is 449 g/mol. The minimum Gasteiger partial charge on any atom is -0.437 e. The van der Waals surface area contributed by atoms with Gasteiger partial charge >= 0.3 is 0 Å². The monoisotopic (exact) mass is 447 g/mol. The Labute approximate surface area is 169 Å². The van der Waals surface area contributed by atoms with Gasteiger partial charge in [0.2, 0.25) is 5.88 Å². The summed E-state index contributed by atoms with van der Waals surface area (Å²) >= 11 is 9.34. The third-order valence-electron chi connectivity index (χ3n) is 3.60. The summed E-state index contributed by atoms with van der Waals surface area (Å²) in [7, 11) is 0. The molecule has 27 heavy (non-hydrogen) atoms. The molecule has 2 aromatic carbocycles. The van der Waals surface area contributed by atoms with Gasteiger partial charge in [-0.3, -0.25) is 15.6 Å². The zero-order valence-corrected chi connectivity index (χ0v) is 16.5. The van der Waals surface area contributed by atoms with Crippen LogP contribution in [0, 0.1) is 6.92 Å². The van der Waals surface area contributed by atoms with Gasteiger partial charge in [0.15, 0.2) is 5.82 Å². The van der Waals surface area contributed by atoms with Gasteiger partial charge in [0.05, 0.1) is 5.56 Å². The number of carbonyl (C=O) groups is 1. The molecule has 0 aliphatic rings. The quantitative estimate of drug-likeness (QED) is 0.502. The Hall–Kier alpha value is -2.84. The molecule has 0 radical (unpaired) electrons. The van der Waals surface area contributed by atoms with E-state index in [1.165, 1.54) is 6.33 Å². The van der Waals surface area contributed by atoms with Crippen molar-refractivity contribution in [2.75, 3.05) is 11.2 Å². The van der Waals surface area contributed by atoms with Crippen LogP contribution in [0.25, 0.3) is 0 Å². The number of carbonyl (C=O) groups excluding carboxylic acids is 1. The van der Waals surface area contributed by atoms with Crippen LogP contribution in [0.5, 0.6) is 11.6 Å². The predicted molar refractivity (Wildman–Crippen MR) is 108 cm³/mol. The molecule has 0 bridgehead atoms. The van der Waals surface area contributed by atoms with Gasteiger partial charge in [-0.1, -0.05) is 23.7 Å². The number of hydrogen-bond acceptors (Lipinski definition) is 6. The Morgan fingerprint density at radius 2 is 2.00 bits per heavy atom. The molecule has 0 saturated heterocycles. The summed E-state index contributed by atoms with van der Waals surface area (Å²) in [5, 5.41) is 0.634. The van der Waals surface area contributed by atoms with Crippen molar-refractivity contribution < 1.29 is 9.53 Å². The van der Waals surface area contributed by atoms with Crippen LogP contribution in [0.2, 0.25) is 5.02 Å². The van der Waals surface area contributed by atoms with E-state index < -0.39 is 0 Å². The number of anilines is 2. The van der Waals surface area contributed by atoms with E-state index >= 15 is 0 Å². The third-order valence-corrected chi connectivity index (χ3v) is 4.72. The Morgan fingerprint density at radius 3 is 2.74 bits per heavy atom. The molecule has 0 aliphatic carbocycles. The fourth-order valence-corrected chi connectivity index (χ4v) is 2.76. The van der Waals surface area contributed by atoms with E-state index in [-0.39, 0.29) is 23.3 Å². The molecule has 1 heterocycles. The number of aryl methyl sites for hydroxylation is 1. The van der Waals surface area contributed by atoms with Crippen molar-refractivity contribution in [3.8, 4) is 11.6 Å². The number of nitrogen functional groups attached to an aromatic ring is 1. The van der Waals surface area contributed by atoms with E-state index in [0.29, 0.717) is 20.8 Å². The number of ether oxygens (including phenoxy) is 1. The van der Waals surface area contributed by atoms with Crippen molar-refractivity contribution in [2.24, 2.45) is 0 Å². The maximum atomic E-state index is 12.3. The van der Waals surface area contributed by atoms with Gasteiger partial charge < -0.3 is 10.5 Å². The van der Waals surface area contributed by atoms with Crippen molar-refractivity contribution in [1.29, 1.82) is 0 Å². The number of hydrogen-bond donors (Lipinski definition) is 3. The third kappa shape index (κ3) is 4.47. The summed E-state index contributed by atoms with van der Waals surface area (Å²) in [4.78, 5) is 20.3. The summed E-state index contributed by atoms with van der Waals surface area (Å²) in [6.07, 6.45) is 1.28. The van der Waals surface area contributed by atoms with Gasteiger partial charge in [-0.15, -0.1) is 0 Å². The number of nitrogens with one attached hydrogen (secondary N) is 2. The Morgan fingerprint density at radius 1 is 1.22 bits per heavy atom. The van der Waals surface area contributed by atoms with Crippen LogP contribution in [-0.4, -0.2) is 15.9 Å². The lowest BCUT2D eigenvalue weighted by atomic mass is 10.2. The molecule has 0 unspecified atom stereocenters. The van der Waals surface area contributed by atoms with Crippen molar-refractivity contribution in [1.82, 2.24) is 15.4 Å². The van der Waals surface area contributed by atoms with Crippen molar-refractivity contribution in [2.45, 2.75) is 6.92 Å². The van der Waals surface area contributed by atoms with E-state index in [4.69, 9.17) is 22.1 Å². The number of hydrazine groups is 1. The first-order valence-corrected chi connectivity index (χ1v) is 8.98. The number of halogens is 2. The molecule has 0 aliphatic heterocycles. The molecule has 138 valence electrons. The van der Waals surface area contributed by atoms with E-state index in [1.807, 2.05) is 13.0 Å². The normalized spacial score (nSPS) is 10.3. The molecule has 3 aromatic rings. The molecule has 3 rings (SSSR count). The van der Waals surface area contributed by atoms with Crippen LogP contribution in [-0.2, 0) is 0 Å². The van der Waals surface area contributed by atoms with Gasteiger partial charge in [0.1, 0.15) is 17.8 Å². The van der Waals surface area contributed by atoms with E-state index in [9.17, 15) is 4.79 Å². The minimum absolute atomic E-state index is 0.150. The first-order chi connectivity index (χ1) is 13.0. The second kappa shape index (κ2) is 8.24. The highest BCUT2D eigenvalue weighted by Crippen LogP contribution is 2.30. The average Bonchev–Trinajstić information content (AvgIpc) is 2.65. The van der Waals surface area contributed by atoms with Crippen molar-refractivity contribution in [3.05, 3.63) is 69.4 Å². The van der Waals surface area contributed by atoms with Gasteiger partial charge in [-0.25, -0.2) is 4.98 Å². The SMILES string of the molecule is Cc1cc(Oc2ncnc(NNC(=O)c3ccccc3Br)c2N)ccc1Cl. The molecule has 0 atom stereocenters. The summed E-state index contributed by atoms with van der Waals surface area (Å²) in [6.45, 7) is 1.86. The molecule has 0 saturated carbocycles.